The summed E-state index contributed by atoms with van der Waals surface area (Å²) >= 11 is 0. The van der Waals surface area contributed by atoms with Crippen molar-refractivity contribution in [1.82, 2.24) is 5.32 Å². The summed E-state index contributed by atoms with van der Waals surface area (Å²) in [7, 11) is 1.45. The van der Waals surface area contributed by atoms with E-state index in [2.05, 4.69) is 10.6 Å². The fourth-order valence-electron chi connectivity index (χ4n) is 1.63. The van der Waals surface area contributed by atoms with Gasteiger partial charge in [0, 0.05) is 31.4 Å². The maximum atomic E-state index is 11.8. The summed E-state index contributed by atoms with van der Waals surface area (Å²) in [6.45, 7) is 1.64. The number of ether oxygens (including phenoxy) is 1. The first-order chi connectivity index (χ1) is 9.93. The van der Waals surface area contributed by atoms with Crippen molar-refractivity contribution in [3.05, 3.63) is 29.8 Å². The van der Waals surface area contributed by atoms with Crippen LogP contribution in [0, 0.1) is 0 Å². The molecular weight excluding hydrogens is 276 g/mol. The number of hydrogen-bond donors (Lipinski definition) is 3. The molecule has 1 aromatic carbocycles. The molecule has 0 fully saturated rings. The predicted molar refractivity (Wildman–Crippen MR) is 76.5 cm³/mol. The van der Waals surface area contributed by atoms with Gasteiger partial charge in [0.1, 0.15) is 6.04 Å². The summed E-state index contributed by atoms with van der Waals surface area (Å²) in [5, 5.41) is 13.8. The third-order valence-corrected chi connectivity index (χ3v) is 2.74. The highest BCUT2D eigenvalue weighted by molar-refractivity contribution is 5.97. The number of carbonyl (C=O) groups is 3. The lowest BCUT2D eigenvalue weighted by Gasteiger charge is -2.15. The molecule has 114 valence electrons. The number of rotatable bonds is 7. The number of methoxy groups -OCH3 is 1. The number of carbonyl (C=O) groups excluding carboxylic acids is 2. The minimum absolute atomic E-state index is 0.123. The topological polar surface area (TPSA) is 105 Å². The molecule has 0 aromatic heterocycles. The van der Waals surface area contributed by atoms with E-state index in [0.29, 0.717) is 11.3 Å². The van der Waals surface area contributed by atoms with Crippen molar-refractivity contribution < 1.29 is 24.2 Å². The lowest BCUT2D eigenvalue weighted by Crippen LogP contribution is -2.43. The highest BCUT2D eigenvalue weighted by atomic mass is 16.5. The summed E-state index contributed by atoms with van der Waals surface area (Å²) in [6, 6.07) is 4.69. The Kier molecular flexibility index (Phi) is 6.35. The van der Waals surface area contributed by atoms with Crippen molar-refractivity contribution >= 4 is 23.5 Å². The Bertz CT molecular complexity index is 530. The van der Waals surface area contributed by atoms with Gasteiger partial charge in [-0.3, -0.25) is 4.79 Å². The fraction of sp³-hybridized carbons (Fsp3) is 0.357. The average Bonchev–Trinajstić information content (AvgIpc) is 2.43. The normalized spacial score (nSPS) is 11.5. The van der Waals surface area contributed by atoms with E-state index in [-0.39, 0.29) is 18.8 Å². The predicted octanol–water partition coefficient (Wildman–Crippen LogP) is 1.50. The van der Waals surface area contributed by atoms with Crippen LogP contribution in [-0.2, 0) is 9.53 Å². The molecule has 21 heavy (non-hydrogen) atoms. The SMILES string of the molecule is COCCC(NC(=O)Nc1cccc(C(C)=O)c1)C(=O)O. The third kappa shape index (κ3) is 5.62. The van der Waals surface area contributed by atoms with Crippen molar-refractivity contribution in [2.24, 2.45) is 0 Å². The minimum Gasteiger partial charge on any atom is -0.480 e. The van der Waals surface area contributed by atoms with Crippen LogP contribution in [0.2, 0.25) is 0 Å². The molecule has 1 unspecified atom stereocenters. The smallest absolute Gasteiger partial charge is 0.326 e. The lowest BCUT2D eigenvalue weighted by atomic mass is 10.1. The van der Waals surface area contributed by atoms with Gasteiger partial charge in [-0.2, -0.15) is 0 Å². The second-order valence-electron chi connectivity index (χ2n) is 4.41. The second-order valence-corrected chi connectivity index (χ2v) is 4.41. The van der Waals surface area contributed by atoms with Gasteiger partial charge < -0.3 is 20.5 Å². The fourth-order valence-corrected chi connectivity index (χ4v) is 1.63. The largest absolute Gasteiger partial charge is 0.480 e. The molecule has 0 saturated carbocycles. The molecule has 0 spiro atoms. The Hall–Kier alpha value is -2.41. The minimum atomic E-state index is -1.14. The summed E-state index contributed by atoms with van der Waals surface area (Å²) in [5.41, 5.74) is 0.873. The van der Waals surface area contributed by atoms with Gasteiger partial charge in [-0.25, -0.2) is 9.59 Å². The monoisotopic (exact) mass is 294 g/mol. The molecule has 1 rings (SSSR count). The molecule has 7 nitrogen and oxygen atoms in total. The number of carboxylic acids is 1. The first-order valence-electron chi connectivity index (χ1n) is 6.34. The Morgan fingerprint density at radius 1 is 1.33 bits per heavy atom. The highest BCUT2D eigenvalue weighted by Crippen LogP contribution is 2.11. The molecule has 0 radical (unpaired) electrons. The van der Waals surface area contributed by atoms with Gasteiger partial charge in [-0.1, -0.05) is 12.1 Å². The number of benzene rings is 1. The second kappa shape index (κ2) is 8.01. The van der Waals surface area contributed by atoms with Gasteiger partial charge in [-0.15, -0.1) is 0 Å². The van der Waals surface area contributed by atoms with E-state index in [1.165, 1.54) is 20.1 Å². The number of carboxylic acid groups (broad SMARTS) is 1. The molecule has 7 heteroatoms. The van der Waals surface area contributed by atoms with E-state index in [9.17, 15) is 14.4 Å². The van der Waals surface area contributed by atoms with Crippen LogP contribution in [0.5, 0.6) is 0 Å². The molecule has 3 N–H and O–H groups in total. The van der Waals surface area contributed by atoms with Gasteiger partial charge >= 0.3 is 12.0 Å². The third-order valence-electron chi connectivity index (χ3n) is 2.74. The summed E-state index contributed by atoms with van der Waals surface area (Å²) in [4.78, 5) is 34.0. The summed E-state index contributed by atoms with van der Waals surface area (Å²) in [6.07, 6.45) is 0.159. The number of urea groups is 1. The quantitative estimate of drug-likeness (QED) is 0.661. The van der Waals surface area contributed by atoms with Gasteiger partial charge in [0.25, 0.3) is 0 Å². The average molecular weight is 294 g/mol. The molecule has 0 aliphatic heterocycles. The van der Waals surface area contributed by atoms with Crippen LogP contribution in [0.3, 0.4) is 0 Å². The molecule has 0 aliphatic rings. The van der Waals surface area contributed by atoms with Crippen molar-refractivity contribution in [3.63, 3.8) is 0 Å². The van der Waals surface area contributed by atoms with Crippen LogP contribution in [0.1, 0.15) is 23.7 Å². The lowest BCUT2D eigenvalue weighted by molar-refractivity contribution is -0.139. The van der Waals surface area contributed by atoms with E-state index in [1.807, 2.05) is 0 Å². The zero-order valence-corrected chi connectivity index (χ0v) is 11.9. The van der Waals surface area contributed by atoms with E-state index in [4.69, 9.17) is 9.84 Å². The van der Waals surface area contributed by atoms with E-state index >= 15 is 0 Å². The van der Waals surface area contributed by atoms with E-state index in [0.717, 1.165) is 0 Å². The molecular formula is C14H18N2O5. The number of aliphatic carboxylic acids is 1. The van der Waals surface area contributed by atoms with E-state index < -0.39 is 18.0 Å². The maximum Gasteiger partial charge on any atom is 0.326 e. The Morgan fingerprint density at radius 3 is 2.62 bits per heavy atom. The first-order valence-corrected chi connectivity index (χ1v) is 6.34. The van der Waals surface area contributed by atoms with Crippen LogP contribution in [0.25, 0.3) is 0 Å². The molecule has 2 amide bonds. The van der Waals surface area contributed by atoms with Gasteiger partial charge in [0.2, 0.25) is 0 Å². The standard InChI is InChI=1S/C14H18N2O5/c1-9(17)10-4-3-5-11(8-10)15-14(20)16-12(13(18)19)6-7-21-2/h3-5,8,12H,6-7H2,1-2H3,(H,18,19)(H2,15,16,20). The molecule has 0 saturated heterocycles. The Balaban J connectivity index is 2.65. The van der Waals surface area contributed by atoms with Gasteiger partial charge in [0.15, 0.2) is 5.78 Å². The number of ketones is 1. The number of anilines is 1. The van der Waals surface area contributed by atoms with Gasteiger partial charge in [0.05, 0.1) is 0 Å². The number of nitrogens with one attached hydrogen (secondary N) is 2. The number of amides is 2. The van der Waals surface area contributed by atoms with Crippen LogP contribution < -0.4 is 10.6 Å². The first kappa shape index (κ1) is 16.6. The number of hydrogen-bond acceptors (Lipinski definition) is 4. The molecule has 0 aliphatic carbocycles. The van der Waals surface area contributed by atoms with Crippen LogP contribution in [-0.4, -0.2) is 42.6 Å². The molecule has 1 aromatic rings. The summed E-state index contributed by atoms with van der Waals surface area (Å²) < 4.78 is 4.79. The van der Waals surface area contributed by atoms with Crippen molar-refractivity contribution in [2.75, 3.05) is 19.0 Å². The molecule has 1 atom stereocenters. The summed E-state index contributed by atoms with van der Waals surface area (Å²) in [5.74, 6) is -1.26. The molecule has 0 bridgehead atoms. The zero-order chi connectivity index (χ0) is 15.8. The Labute approximate surface area is 122 Å². The van der Waals surface area contributed by atoms with Crippen LogP contribution in [0.15, 0.2) is 24.3 Å². The highest BCUT2D eigenvalue weighted by Gasteiger charge is 2.19. The number of Topliss-reactive ketones (excluding diaryl/α,β-unsaturated/α-hetero) is 1. The maximum absolute atomic E-state index is 11.8. The molecule has 0 heterocycles. The van der Waals surface area contributed by atoms with Crippen molar-refractivity contribution in [1.29, 1.82) is 0 Å². The van der Waals surface area contributed by atoms with Crippen molar-refractivity contribution in [3.8, 4) is 0 Å². The Morgan fingerprint density at radius 2 is 2.05 bits per heavy atom. The van der Waals surface area contributed by atoms with E-state index in [1.54, 1.807) is 18.2 Å². The van der Waals surface area contributed by atoms with Crippen molar-refractivity contribution in [2.45, 2.75) is 19.4 Å². The van der Waals surface area contributed by atoms with Crippen LogP contribution in [0.4, 0.5) is 10.5 Å². The van der Waals surface area contributed by atoms with Crippen LogP contribution >= 0.6 is 0 Å². The van der Waals surface area contributed by atoms with Gasteiger partial charge in [-0.05, 0) is 19.1 Å². The zero-order valence-electron chi connectivity index (χ0n) is 11.9.